The van der Waals surface area contributed by atoms with Crippen LogP contribution in [0.3, 0.4) is 0 Å². The van der Waals surface area contributed by atoms with E-state index in [1.807, 2.05) is 13.0 Å². The fourth-order valence-electron chi connectivity index (χ4n) is 2.44. The number of rotatable bonds is 2. The third-order valence-electron chi connectivity index (χ3n) is 3.64. The number of aromatic amines is 1. The highest BCUT2D eigenvalue weighted by atomic mass is 32.1. The molecule has 1 saturated carbocycles. The molecule has 1 N–H and O–H groups in total. The first-order valence-electron chi connectivity index (χ1n) is 6.41. The normalized spacial score (nSPS) is 15.4. The molecule has 92 valence electrons. The summed E-state index contributed by atoms with van der Waals surface area (Å²) >= 11 is 5.17. The van der Waals surface area contributed by atoms with E-state index in [1.54, 1.807) is 0 Å². The summed E-state index contributed by atoms with van der Waals surface area (Å²) in [4.78, 5) is 7.49. The second-order valence-corrected chi connectivity index (χ2v) is 5.39. The smallest absolute Gasteiger partial charge is 0.130 e. The molecule has 0 aliphatic heterocycles. The number of benzene rings is 1. The highest BCUT2D eigenvalue weighted by Crippen LogP contribution is 2.37. The van der Waals surface area contributed by atoms with Gasteiger partial charge in [0.2, 0.25) is 0 Å². The van der Waals surface area contributed by atoms with E-state index in [0.717, 1.165) is 17.4 Å². The van der Waals surface area contributed by atoms with Crippen LogP contribution in [0.15, 0.2) is 30.3 Å². The minimum Gasteiger partial charge on any atom is -0.343 e. The minimum absolute atomic E-state index is 0.648. The highest BCUT2D eigenvalue weighted by molar-refractivity contribution is 7.71. The van der Waals surface area contributed by atoms with Crippen LogP contribution in [0, 0.1) is 11.6 Å². The van der Waals surface area contributed by atoms with Crippen molar-refractivity contribution in [2.45, 2.75) is 32.1 Å². The van der Waals surface area contributed by atoms with Crippen LogP contribution in [0.2, 0.25) is 0 Å². The van der Waals surface area contributed by atoms with E-state index >= 15 is 0 Å². The molecule has 0 amide bonds. The van der Waals surface area contributed by atoms with Crippen molar-refractivity contribution in [1.29, 1.82) is 0 Å². The number of nitrogens with zero attached hydrogens (tertiary/aromatic N) is 1. The molecule has 3 rings (SSSR count). The monoisotopic (exact) mass is 256 g/mol. The van der Waals surface area contributed by atoms with Crippen molar-refractivity contribution in [2.75, 3.05) is 0 Å². The molecule has 0 bridgehead atoms. The van der Waals surface area contributed by atoms with Crippen molar-refractivity contribution < 1.29 is 0 Å². The van der Waals surface area contributed by atoms with Crippen LogP contribution in [0.5, 0.6) is 0 Å². The Kier molecular flexibility index (Phi) is 3.00. The summed E-state index contributed by atoms with van der Waals surface area (Å²) < 4.78 is 0.648. The zero-order valence-corrected chi connectivity index (χ0v) is 11.3. The van der Waals surface area contributed by atoms with Gasteiger partial charge in [0.1, 0.15) is 10.5 Å². The maximum absolute atomic E-state index is 5.17. The molecule has 0 radical (unpaired) electrons. The molecule has 1 aliphatic rings. The lowest BCUT2D eigenvalue weighted by atomic mass is 9.79. The maximum Gasteiger partial charge on any atom is 0.130 e. The predicted octanol–water partition coefficient (Wildman–Crippen LogP) is 4.38. The third kappa shape index (κ3) is 2.23. The lowest BCUT2D eigenvalue weighted by Gasteiger charge is -2.26. The molecule has 0 saturated heterocycles. The van der Waals surface area contributed by atoms with E-state index in [-0.39, 0.29) is 0 Å². The van der Waals surface area contributed by atoms with Crippen LogP contribution in [0.1, 0.15) is 36.6 Å². The Balaban J connectivity index is 2.02. The molecule has 1 aromatic heterocycles. The van der Waals surface area contributed by atoms with Crippen molar-refractivity contribution in [3.63, 3.8) is 0 Å². The van der Waals surface area contributed by atoms with Gasteiger partial charge < -0.3 is 4.98 Å². The van der Waals surface area contributed by atoms with Crippen molar-refractivity contribution in [1.82, 2.24) is 9.97 Å². The summed E-state index contributed by atoms with van der Waals surface area (Å²) in [5.74, 6) is 1.63. The lowest BCUT2D eigenvalue weighted by molar-refractivity contribution is 0.420. The predicted molar refractivity (Wildman–Crippen MR) is 76.2 cm³/mol. The summed E-state index contributed by atoms with van der Waals surface area (Å²) in [6.07, 6.45) is 4.02. The Hall–Kier alpha value is -1.48. The van der Waals surface area contributed by atoms with E-state index in [9.17, 15) is 0 Å². The second kappa shape index (κ2) is 4.65. The van der Waals surface area contributed by atoms with Gasteiger partial charge in [-0.2, -0.15) is 0 Å². The molecule has 2 nitrogen and oxygen atoms in total. The van der Waals surface area contributed by atoms with Gasteiger partial charge in [0, 0.05) is 5.69 Å². The molecular weight excluding hydrogens is 240 g/mol. The van der Waals surface area contributed by atoms with Crippen molar-refractivity contribution in [3.8, 4) is 11.3 Å². The summed E-state index contributed by atoms with van der Waals surface area (Å²) in [7, 11) is 0. The molecule has 3 heteroatoms. The Bertz CT molecular complexity index is 626. The first-order valence-corrected chi connectivity index (χ1v) is 6.81. The fourth-order valence-corrected chi connectivity index (χ4v) is 2.69. The van der Waals surface area contributed by atoms with Gasteiger partial charge in [-0.05, 0) is 48.9 Å². The van der Waals surface area contributed by atoms with Crippen LogP contribution < -0.4 is 0 Å². The van der Waals surface area contributed by atoms with Gasteiger partial charge in [0.25, 0.3) is 0 Å². The number of nitrogens with one attached hydrogen (secondary N) is 1. The first kappa shape index (κ1) is 11.6. The maximum atomic E-state index is 5.17. The second-order valence-electron chi connectivity index (χ2n) is 4.97. The van der Waals surface area contributed by atoms with Gasteiger partial charge in [-0.25, -0.2) is 4.98 Å². The highest BCUT2D eigenvalue weighted by Gasteiger charge is 2.19. The SMILES string of the molecule is Cc1nc(=S)cc(-c2cccc(C3CCC3)c2)[nH]1. The van der Waals surface area contributed by atoms with Crippen LogP contribution in [0.4, 0.5) is 0 Å². The van der Waals surface area contributed by atoms with Crippen LogP contribution in [0.25, 0.3) is 11.3 Å². The molecule has 1 fully saturated rings. The van der Waals surface area contributed by atoms with Gasteiger partial charge >= 0.3 is 0 Å². The zero-order chi connectivity index (χ0) is 12.5. The van der Waals surface area contributed by atoms with Gasteiger partial charge in [-0.3, -0.25) is 0 Å². The molecule has 1 heterocycles. The van der Waals surface area contributed by atoms with Crippen molar-refractivity contribution in [3.05, 3.63) is 46.4 Å². The number of aryl methyl sites for hydroxylation is 1. The first-order chi connectivity index (χ1) is 8.72. The summed E-state index contributed by atoms with van der Waals surface area (Å²) in [6, 6.07) is 10.7. The molecule has 1 aliphatic carbocycles. The molecule has 0 unspecified atom stereocenters. The average molecular weight is 256 g/mol. The van der Waals surface area contributed by atoms with E-state index < -0.39 is 0 Å². The largest absolute Gasteiger partial charge is 0.343 e. The Morgan fingerprint density at radius 1 is 1.28 bits per heavy atom. The van der Waals surface area contributed by atoms with E-state index in [4.69, 9.17) is 12.2 Å². The van der Waals surface area contributed by atoms with Gasteiger partial charge in [-0.15, -0.1) is 0 Å². The van der Waals surface area contributed by atoms with Crippen LogP contribution >= 0.6 is 12.2 Å². The lowest BCUT2D eigenvalue weighted by Crippen LogP contribution is -2.08. The Labute approximate surface area is 112 Å². The summed E-state index contributed by atoms with van der Waals surface area (Å²) in [6.45, 7) is 1.94. The molecule has 0 atom stereocenters. The van der Waals surface area contributed by atoms with Gasteiger partial charge in [-0.1, -0.05) is 36.8 Å². The summed E-state index contributed by atoms with van der Waals surface area (Å²) in [5, 5.41) is 0. The average Bonchev–Trinajstić information content (AvgIpc) is 2.26. The standard InChI is InChI=1S/C15H16N2S/c1-10-16-14(9-15(18)17-10)13-7-3-6-12(8-13)11-4-2-5-11/h3,6-9,11H,2,4-5H2,1H3,(H,16,17,18). The Morgan fingerprint density at radius 3 is 2.78 bits per heavy atom. The zero-order valence-electron chi connectivity index (χ0n) is 10.4. The van der Waals surface area contributed by atoms with Crippen LogP contribution in [-0.2, 0) is 0 Å². The topological polar surface area (TPSA) is 28.7 Å². The van der Waals surface area contributed by atoms with Crippen LogP contribution in [-0.4, -0.2) is 9.97 Å². The molecule has 2 aromatic rings. The molecular formula is C15H16N2S. The molecule has 0 spiro atoms. The Morgan fingerprint density at radius 2 is 2.11 bits per heavy atom. The van der Waals surface area contributed by atoms with E-state index in [2.05, 4.69) is 34.2 Å². The van der Waals surface area contributed by atoms with Crippen molar-refractivity contribution in [2.24, 2.45) is 0 Å². The van der Waals surface area contributed by atoms with E-state index in [1.165, 1.54) is 30.4 Å². The molecule has 1 aromatic carbocycles. The summed E-state index contributed by atoms with van der Waals surface area (Å²) in [5.41, 5.74) is 3.72. The minimum atomic E-state index is 0.648. The fraction of sp³-hybridized carbons (Fsp3) is 0.333. The molecule has 18 heavy (non-hydrogen) atoms. The van der Waals surface area contributed by atoms with Gasteiger partial charge in [0.05, 0.1) is 0 Å². The number of H-pyrrole nitrogens is 1. The van der Waals surface area contributed by atoms with Gasteiger partial charge in [0.15, 0.2) is 0 Å². The number of hydrogen-bond acceptors (Lipinski definition) is 2. The number of aromatic nitrogens is 2. The van der Waals surface area contributed by atoms with Crippen molar-refractivity contribution >= 4 is 12.2 Å². The van der Waals surface area contributed by atoms with E-state index in [0.29, 0.717) is 4.64 Å². The number of hydrogen-bond donors (Lipinski definition) is 1. The quantitative estimate of drug-likeness (QED) is 0.808. The third-order valence-corrected chi connectivity index (χ3v) is 3.84.